The third-order valence-electron chi connectivity index (χ3n) is 6.10. The zero-order valence-corrected chi connectivity index (χ0v) is 16.2. The van der Waals surface area contributed by atoms with E-state index < -0.39 is 0 Å². The monoisotopic (exact) mass is 373 g/mol. The summed E-state index contributed by atoms with van der Waals surface area (Å²) in [5.74, 6) is 0.826. The zero-order chi connectivity index (χ0) is 19.3. The van der Waals surface area contributed by atoms with Crippen LogP contribution in [0.1, 0.15) is 50.7 Å². The normalized spacial score (nSPS) is 23.7. The van der Waals surface area contributed by atoms with Gasteiger partial charge in [-0.15, -0.1) is 0 Å². The summed E-state index contributed by atoms with van der Waals surface area (Å²) in [7, 11) is 0. The van der Waals surface area contributed by atoms with E-state index in [0.717, 1.165) is 24.4 Å². The third kappa shape index (κ3) is 2.91. The molecule has 0 aromatic carbocycles. The molecule has 8 nitrogen and oxygen atoms in total. The number of likely N-dealkylation sites (tertiary alicyclic amines) is 1. The molecule has 0 radical (unpaired) electrons. The summed E-state index contributed by atoms with van der Waals surface area (Å²) in [5.41, 5.74) is 1.25. The number of nitrogens with one attached hydrogen (secondary N) is 1. The molecule has 1 fully saturated rings. The summed E-state index contributed by atoms with van der Waals surface area (Å²) in [6.07, 6.45) is 2.29. The molecule has 1 atom stereocenters. The van der Waals surface area contributed by atoms with Gasteiger partial charge in [0.15, 0.2) is 0 Å². The van der Waals surface area contributed by atoms with E-state index in [9.17, 15) is 14.4 Å². The van der Waals surface area contributed by atoms with Crippen LogP contribution in [-0.2, 0) is 29.7 Å². The fraction of sp³-hybridized carbons (Fsp3) is 0.684. The van der Waals surface area contributed by atoms with Crippen molar-refractivity contribution in [2.75, 3.05) is 19.6 Å². The van der Waals surface area contributed by atoms with Gasteiger partial charge in [0.05, 0.1) is 17.8 Å². The van der Waals surface area contributed by atoms with E-state index in [1.165, 1.54) is 6.92 Å². The summed E-state index contributed by atoms with van der Waals surface area (Å²) in [6.45, 7) is 8.32. The fourth-order valence-electron chi connectivity index (χ4n) is 4.60. The van der Waals surface area contributed by atoms with Crippen molar-refractivity contribution in [3.63, 3.8) is 0 Å². The molecule has 4 heterocycles. The van der Waals surface area contributed by atoms with Crippen LogP contribution in [0.3, 0.4) is 0 Å². The second-order valence-electron chi connectivity index (χ2n) is 8.31. The number of aromatic nitrogens is 2. The molecule has 3 amide bonds. The Morgan fingerprint density at radius 3 is 2.59 bits per heavy atom. The quantitative estimate of drug-likeness (QED) is 0.781. The minimum atomic E-state index is -0.222. The molecular weight excluding hydrogens is 346 g/mol. The second kappa shape index (κ2) is 6.35. The summed E-state index contributed by atoms with van der Waals surface area (Å²) >= 11 is 0. The number of carbonyl (C=O) groups is 2. The Hall–Kier alpha value is -2.38. The van der Waals surface area contributed by atoms with Crippen molar-refractivity contribution in [2.45, 2.75) is 64.6 Å². The average molecular weight is 373 g/mol. The Morgan fingerprint density at radius 2 is 1.89 bits per heavy atom. The van der Waals surface area contributed by atoms with Gasteiger partial charge in [0.2, 0.25) is 5.91 Å². The van der Waals surface area contributed by atoms with Crippen molar-refractivity contribution in [1.29, 1.82) is 0 Å². The standard InChI is InChI=1S/C19H27N5O3/c1-12(2)20-18(27)23-8-5-19(11-23)6-9-24-16(26)14-10-22(13(3)25)7-4-15(14)21-17(19)24/h12H,4-11H2,1-3H3,(H,20,27). The third-order valence-corrected chi connectivity index (χ3v) is 6.10. The van der Waals surface area contributed by atoms with Gasteiger partial charge in [-0.05, 0) is 26.7 Å². The summed E-state index contributed by atoms with van der Waals surface area (Å²) in [6, 6.07) is 0.0552. The summed E-state index contributed by atoms with van der Waals surface area (Å²) in [5, 5.41) is 2.95. The van der Waals surface area contributed by atoms with Crippen molar-refractivity contribution in [1.82, 2.24) is 24.7 Å². The van der Waals surface area contributed by atoms with Crippen LogP contribution in [0.5, 0.6) is 0 Å². The molecule has 3 aliphatic rings. The highest BCUT2D eigenvalue weighted by Gasteiger charge is 2.48. The minimum absolute atomic E-state index is 0.00961. The van der Waals surface area contributed by atoms with E-state index in [2.05, 4.69) is 5.32 Å². The lowest BCUT2D eigenvalue weighted by Gasteiger charge is -2.29. The van der Waals surface area contributed by atoms with Crippen LogP contribution in [0.4, 0.5) is 4.79 Å². The van der Waals surface area contributed by atoms with Crippen LogP contribution in [0, 0.1) is 0 Å². The SMILES string of the molecule is CC(=O)N1CCc2nc3n(c(=O)c2C1)CCC31CCN(C(=O)NC(C)C)C1. The molecule has 1 aromatic heterocycles. The maximum Gasteiger partial charge on any atom is 0.317 e. The van der Waals surface area contributed by atoms with Gasteiger partial charge < -0.3 is 15.1 Å². The van der Waals surface area contributed by atoms with Crippen molar-refractivity contribution in [2.24, 2.45) is 0 Å². The molecule has 0 saturated carbocycles. The fourth-order valence-corrected chi connectivity index (χ4v) is 4.60. The first-order valence-electron chi connectivity index (χ1n) is 9.75. The van der Waals surface area contributed by atoms with Gasteiger partial charge in [0.25, 0.3) is 5.56 Å². The molecule has 3 aliphatic heterocycles. The first-order valence-corrected chi connectivity index (χ1v) is 9.75. The van der Waals surface area contributed by atoms with E-state index in [1.807, 2.05) is 18.7 Å². The van der Waals surface area contributed by atoms with Crippen molar-refractivity contribution >= 4 is 11.9 Å². The molecule has 146 valence electrons. The summed E-state index contributed by atoms with van der Waals surface area (Å²) in [4.78, 5) is 45.6. The van der Waals surface area contributed by atoms with E-state index in [4.69, 9.17) is 4.98 Å². The van der Waals surface area contributed by atoms with Gasteiger partial charge in [-0.1, -0.05) is 0 Å². The smallest absolute Gasteiger partial charge is 0.317 e. The van der Waals surface area contributed by atoms with Crippen LogP contribution < -0.4 is 10.9 Å². The number of fused-ring (bicyclic) bond motifs is 3. The van der Waals surface area contributed by atoms with E-state index >= 15 is 0 Å². The Labute approximate surface area is 158 Å². The molecule has 4 rings (SSSR count). The lowest BCUT2D eigenvalue weighted by Crippen LogP contribution is -2.44. The molecule has 1 unspecified atom stereocenters. The number of rotatable bonds is 1. The van der Waals surface area contributed by atoms with E-state index in [0.29, 0.717) is 44.7 Å². The van der Waals surface area contributed by atoms with Crippen molar-refractivity contribution in [3.05, 3.63) is 27.4 Å². The average Bonchev–Trinajstić information content (AvgIpc) is 3.20. The number of nitrogens with zero attached hydrogens (tertiary/aromatic N) is 4. The first kappa shape index (κ1) is 18.0. The topological polar surface area (TPSA) is 87.5 Å². The maximum absolute atomic E-state index is 13.1. The van der Waals surface area contributed by atoms with Gasteiger partial charge in [-0.25, -0.2) is 9.78 Å². The van der Waals surface area contributed by atoms with Crippen LogP contribution in [0.2, 0.25) is 0 Å². The zero-order valence-electron chi connectivity index (χ0n) is 16.2. The first-order chi connectivity index (χ1) is 12.8. The predicted octanol–water partition coefficient (Wildman–Crippen LogP) is 0.613. The number of urea groups is 1. The van der Waals surface area contributed by atoms with Crippen LogP contribution in [0.15, 0.2) is 4.79 Å². The van der Waals surface area contributed by atoms with Gasteiger partial charge in [-0.3, -0.25) is 14.2 Å². The highest BCUT2D eigenvalue weighted by molar-refractivity contribution is 5.75. The Morgan fingerprint density at radius 1 is 1.15 bits per heavy atom. The van der Waals surface area contributed by atoms with Gasteiger partial charge in [-0.2, -0.15) is 0 Å². The van der Waals surface area contributed by atoms with Crippen LogP contribution >= 0.6 is 0 Å². The van der Waals surface area contributed by atoms with Gasteiger partial charge >= 0.3 is 6.03 Å². The predicted molar refractivity (Wildman–Crippen MR) is 99.4 cm³/mol. The lowest BCUT2D eigenvalue weighted by atomic mass is 9.85. The molecule has 1 saturated heterocycles. The summed E-state index contributed by atoms with van der Waals surface area (Å²) < 4.78 is 1.78. The number of amides is 3. The van der Waals surface area contributed by atoms with Crippen molar-refractivity contribution < 1.29 is 9.59 Å². The Balaban J connectivity index is 1.64. The lowest BCUT2D eigenvalue weighted by molar-refractivity contribution is -0.129. The minimum Gasteiger partial charge on any atom is -0.338 e. The molecule has 0 aliphatic carbocycles. The van der Waals surface area contributed by atoms with E-state index in [-0.39, 0.29) is 29.0 Å². The number of hydrogen-bond acceptors (Lipinski definition) is 4. The molecule has 27 heavy (non-hydrogen) atoms. The van der Waals surface area contributed by atoms with Crippen LogP contribution in [0.25, 0.3) is 0 Å². The Kier molecular flexibility index (Phi) is 4.24. The Bertz CT molecular complexity index is 862. The highest BCUT2D eigenvalue weighted by Crippen LogP contribution is 2.41. The molecule has 8 heteroatoms. The molecule has 1 spiro atoms. The van der Waals surface area contributed by atoms with Crippen LogP contribution in [-0.4, -0.2) is 57.0 Å². The highest BCUT2D eigenvalue weighted by atomic mass is 16.2. The molecular formula is C19H27N5O3. The number of carbonyl (C=O) groups excluding carboxylic acids is 2. The van der Waals surface area contributed by atoms with Crippen molar-refractivity contribution in [3.8, 4) is 0 Å². The number of hydrogen-bond donors (Lipinski definition) is 1. The maximum atomic E-state index is 13.1. The second-order valence-corrected chi connectivity index (χ2v) is 8.31. The van der Waals surface area contributed by atoms with E-state index in [1.54, 1.807) is 9.47 Å². The van der Waals surface area contributed by atoms with Gasteiger partial charge in [0, 0.05) is 51.0 Å². The largest absolute Gasteiger partial charge is 0.338 e. The molecule has 1 aromatic rings. The molecule has 0 bridgehead atoms. The van der Waals surface area contributed by atoms with Gasteiger partial charge in [0.1, 0.15) is 5.82 Å². The molecule has 1 N–H and O–H groups in total.